The summed E-state index contributed by atoms with van der Waals surface area (Å²) in [5.41, 5.74) is 19.8. The molecule has 0 nitrogen and oxygen atoms in total. The van der Waals surface area contributed by atoms with Gasteiger partial charge in [0.1, 0.15) is 0 Å². The molecule has 0 amide bonds. The zero-order chi connectivity index (χ0) is 34.7. The fraction of sp³-hybridized carbons (Fsp3) is 0.0192. The Bertz CT molecular complexity index is 2470. The Labute approximate surface area is 306 Å². The van der Waals surface area contributed by atoms with Crippen LogP contribution < -0.4 is 0 Å². The van der Waals surface area contributed by atoms with E-state index in [1.165, 1.54) is 60.9 Å². The molecule has 0 radical (unpaired) electrons. The quantitative estimate of drug-likeness (QED) is 0.118. The van der Waals surface area contributed by atoms with Crippen molar-refractivity contribution in [2.45, 2.75) is 5.92 Å². The maximum atomic E-state index is 4.15. The van der Waals surface area contributed by atoms with Gasteiger partial charge in [0, 0.05) is 28.2 Å². The minimum atomic E-state index is 0.00870. The summed E-state index contributed by atoms with van der Waals surface area (Å²) in [5.74, 6) is 0.00870. The molecule has 0 aliphatic heterocycles. The molecule has 1 aliphatic rings. The number of rotatable bonds is 7. The minimum Gasteiger partial charge on any atom is -0.102 e. The molecule has 0 bridgehead atoms. The van der Waals surface area contributed by atoms with Crippen molar-refractivity contribution in [3.63, 3.8) is 0 Å². The van der Waals surface area contributed by atoms with E-state index in [0.29, 0.717) is 0 Å². The van der Waals surface area contributed by atoms with Crippen molar-refractivity contribution >= 4 is 33.1 Å². The molecule has 1 aliphatic carbocycles. The van der Waals surface area contributed by atoms with Crippen molar-refractivity contribution < 1.29 is 0 Å². The normalized spacial score (nSPS) is 11.9. The molecule has 0 unspecified atom stereocenters. The Hall–Kier alpha value is -6.72. The van der Waals surface area contributed by atoms with E-state index in [2.05, 4.69) is 218 Å². The topological polar surface area (TPSA) is 0 Å². The van der Waals surface area contributed by atoms with Gasteiger partial charge in [-0.1, -0.05) is 206 Å². The summed E-state index contributed by atoms with van der Waals surface area (Å²) >= 11 is 0. The highest BCUT2D eigenvalue weighted by atomic mass is 14.4. The Kier molecular flexibility index (Phi) is 8.35. The van der Waals surface area contributed by atoms with Crippen LogP contribution in [0.25, 0.3) is 33.1 Å². The van der Waals surface area contributed by atoms with E-state index in [1.54, 1.807) is 0 Å². The molecule has 244 valence electrons. The van der Waals surface area contributed by atoms with Gasteiger partial charge in [-0.05, 0) is 66.9 Å². The van der Waals surface area contributed by atoms with Crippen molar-refractivity contribution in [2.24, 2.45) is 0 Å². The van der Waals surface area contributed by atoms with Gasteiger partial charge in [-0.3, -0.25) is 0 Å². The van der Waals surface area contributed by atoms with Gasteiger partial charge in [0.2, 0.25) is 0 Å². The lowest BCUT2D eigenvalue weighted by atomic mass is 9.66. The Morgan fingerprint density at radius 2 is 0.808 bits per heavy atom. The first-order valence-corrected chi connectivity index (χ1v) is 18.0. The highest BCUT2D eigenvalue weighted by Gasteiger charge is 2.37. The first-order valence-electron chi connectivity index (χ1n) is 18.0. The third kappa shape index (κ3) is 5.72. The fourth-order valence-electron chi connectivity index (χ4n) is 7.85. The number of hydrogen-bond donors (Lipinski definition) is 0. The van der Waals surface area contributed by atoms with Crippen molar-refractivity contribution in [3.05, 3.63) is 268 Å². The van der Waals surface area contributed by atoms with Gasteiger partial charge in [0.25, 0.3) is 0 Å². The number of benzene rings is 8. The van der Waals surface area contributed by atoms with E-state index < -0.39 is 0 Å². The highest BCUT2D eigenvalue weighted by molar-refractivity contribution is 6.29. The summed E-state index contributed by atoms with van der Waals surface area (Å²) in [6.45, 7) is 0. The first kappa shape index (κ1) is 31.3. The van der Waals surface area contributed by atoms with E-state index in [9.17, 15) is 0 Å². The summed E-state index contributed by atoms with van der Waals surface area (Å²) < 4.78 is 0. The summed E-state index contributed by atoms with van der Waals surface area (Å²) in [4.78, 5) is 0. The third-order valence-corrected chi connectivity index (χ3v) is 10.2. The van der Waals surface area contributed by atoms with Gasteiger partial charge in [-0.2, -0.15) is 0 Å². The van der Waals surface area contributed by atoms with Crippen LogP contribution in [-0.2, 0) is 0 Å². The van der Waals surface area contributed by atoms with Gasteiger partial charge in [0.15, 0.2) is 0 Å². The smallest absolute Gasteiger partial charge is 0.0352 e. The van der Waals surface area contributed by atoms with Crippen LogP contribution >= 0.6 is 0 Å². The molecule has 0 heteroatoms. The van der Waals surface area contributed by atoms with E-state index in [0.717, 1.165) is 22.3 Å². The maximum Gasteiger partial charge on any atom is 0.0352 e. The molecule has 52 heavy (non-hydrogen) atoms. The second kappa shape index (κ2) is 13.9. The fourth-order valence-corrected chi connectivity index (χ4v) is 7.85. The summed E-state index contributed by atoms with van der Waals surface area (Å²) in [5, 5.41) is 2.50. The van der Waals surface area contributed by atoms with Crippen molar-refractivity contribution in [1.29, 1.82) is 0 Å². The zero-order valence-electron chi connectivity index (χ0n) is 28.8. The van der Waals surface area contributed by atoms with E-state index in [4.69, 9.17) is 0 Å². The molecule has 0 aromatic heterocycles. The first-order chi connectivity index (χ1) is 25.8. The number of hydrogen-bond acceptors (Lipinski definition) is 0. The van der Waals surface area contributed by atoms with E-state index >= 15 is 0 Å². The number of fused-ring (bicyclic) bond motifs is 2. The lowest BCUT2D eigenvalue weighted by molar-refractivity contribution is 0.980. The van der Waals surface area contributed by atoms with Gasteiger partial charge in [-0.25, -0.2) is 0 Å². The predicted octanol–water partition coefficient (Wildman–Crippen LogP) is 13.1. The Morgan fingerprint density at radius 3 is 1.29 bits per heavy atom. The van der Waals surface area contributed by atoms with Crippen LogP contribution in [0, 0.1) is 0 Å². The van der Waals surface area contributed by atoms with Crippen LogP contribution in [0.3, 0.4) is 0 Å². The monoisotopic (exact) mass is 660 g/mol. The van der Waals surface area contributed by atoms with Crippen LogP contribution in [0.5, 0.6) is 0 Å². The largest absolute Gasteiger partial charge is 0.102 e. The minimum absolute atomic E-state index is 0.00870. The summed E-state index contributed by atoms with van der Waals surface area (Å²) in [6.07, 6.45) is 0. The molecule has 0 atom stereocenters. The molecule has 0 N–H and O–H groups in total. The van der Waals surface area contributed by atoms with Crippen LogP contribution in [0.2, 0.25) is 0 Å². The van der Waals surface area contributed by atoms with Gasteiger partial charge >= 0.3 is 0 Å². The van der Waals surface area contributed by atoms with E-state index in [-0.39, 0.29) is 5.92 Å². The number of allylic oxidation sites excluding steroid dienone is 2. The average molecular weight is 661 g/mol. The standard InChI is InChI=1S/C52H36/c1-7-21-37(22-8-1)45(38-23-9-2-10-24-38)36-47-50(48(39-25-11-3-12-26-39)40-27-13-4-14-28-40)46-35-43-33-19-20-34-44(43)52(51(46)47)49(41-29-15-5-16-30-41)42-31-17-6-18-32-42/h1-35,49H. The maximum absolute atomic E-state index is 4.15. The lowest BCUT2D eigenvalue weighted by Gasteiger charge is -2.35. The van der Waals surface area contributed by atoms with Crippen LogP contribution in [0.1, 0.15) is 56.0 Å². The molecule has 9 rings (SSSR count). The van der Waals surface area contributed by atoms with E-state index in [1.807, 2.05) is 0 Å². The lowest BCUT2D eigenvalue weighted by Crippen LogP contribution is -2.17. The van der Waals surface area contributed by atoms with Crippen LogP contribution in [0.4, 0.5) is 0 Å². The highest BCUT2D eigenvalue weighted by Crippen LogP contribution is 2.56. The molecule has 0 saturated heterocycles. The third-order valence-electron chi connectivity index (χ3n) is 10.2. The molecule has 0 heterocycles. The van der Waals surface area contributed by atoms with Gasteiger partial charge in [-0.15, -0.1) is 5.73 Å². The van der Waals surface area contributed by atoms with Crippen molar-refractivity contribution in [1.82, 2.24) is 0 Å². The molecule has 8 aromatic carbocycles. The second-order valence-electron chi connectivity index (χ2n) is 13.3. The molecular weight excluding hydrogens is 625 g/mol. The molecule has 0 spiro atoms. The predicted molar refractivity (Wildman–Crippen MR) is 219 cm³/mol. The zero-order valence-corrected chi connectivity index (χ0v) is 28.8. The van der Waals surface area contributed by atoms with Crippen molar-refractivity contribution in [2.75, 3.05) is 0 Å². The summed E-state index contributed by atoms with van der Waals surface area (Å²) in [7, 11) is 0. The molecule has 0 saturated carbocycles. The molecule has 0 fully saturated rings. The van der Waals surface area contributed by atoms with Gasteiger partial charge in [0.05, 0.1) is 0 Å². The Morgan fingerprint density at radius 1 is 0.404 bits per heavy atom. The Balaban J connectivity index is 1.50. The van der Waals surface area contributed by atoms with Crippen LogP contribution in [-0.4, -0.2) is 0 Å². The summed E-state index contributed by atoms with van der Waals surface area (Å²) in [6, 6.07) is 76.5. The van der Waals surface area contributed by atoms with Gasteiger partial charge < -0.3 is 0 Å². The van der Waals surface area contributed by atoms with Crippen LogP contribution in [0.15, 0.2) is 218 Å². The SMILES string of the molecule is C(=C(c1ccccc1)c1ccccc1)=C1C(=C(c2ccccc2)c2ccccc2)c2cc3ccccc3c(C(c3ccccc3)c3ccccc3)c21. The average Bonchev–Trinajstić information content (AvgIpc) is 3.22. The molecular formula is C52H36. The second-order valence-corrected chi connectivity index (χ2v) is 13.3. The van der Waals surface area contributed by atoms with Crippen molar-refractivity contribution in [3.8, 4) is 0 Å². The molecule has 8 aromatic rings.